The van der Waals surface area contributed by atoms with E-state index in [0.29, 0.717) is 17.8 Å². The predicted molar refractivity (Wildman–Crippen MR) is 98.0 cm³/mol. The van der Waals surface area contributed by atoms with Gasteiger partial charge in [0, 0.05) is 31.7 Å². The molecule has 1 aromatic heterocycles. The summed E-state index contributed by atoms with van der Waals surface area (Å²) in [5, 5.41) is 3.05. The maximum atomic E-state index is 12.7. The van der Waals surface area contributed by atoms with Crippen LogP contribution in [0.5, 0.6) is 0 Å². The number of hydrogen-bond donors (Lipinski definition) is 2. The van der Waals surface area contributed by atoms with Crippen LogP contribution in [0.15, 0.2) is 24.3 Å². The van der Waals surface area contributed by atoms with Crippen LogP contribution in [0.2, 0.25) is 0 Å². The Labute approximate surface area is 148 Å². The lowest BCUT2D eigenvalue weighted by Gasteiger charge is -2.34. The molecule has 0 spiro atoms. The third-order valence-corrected chi connectivity index (χ3v) is 5.13. The molecule has 5 heteroatoms. The number of benzene rings is 1. The summed E-state index contributed by atoms with van der Waals surface area (Å²) < 4.78 is 0. The Kier molecular flexibility index (Phi) is 4.77. The Morgan fingerprint density at radius 2 is 1.92 bits per heavy atom. The lowest BCUT2D eigenvalue weighted by molar-refractivity contribution is 0.0933. The number of aryl methyl sites for hydroxylation is 1. The zero-order valence-corrected chi connectivity index (χ0v) is 15.3. The number of amides is 1. The summed E-state index contributed by atoms with van der Waals surface area (Å²) in [6, 6.07) is 8.73. The Bertz CT molecular complexity index is 822. The number of rotatable bonds is 4. The number of aromatic amines is 1. The lowest BCUT2D eigenvalue weighted by Crippen LogP contribution is -2.45. The molecule has 0 unspecified atom stereocenters. The Morgan fingerprint density at radius 3 is 2.56 bits per heavy atom. The van der Waals surface area contributed by atoms with E-state index in [-0.39, 0.29) is 17.7 Å². The van der Waals surface area contributed by atoms with Crippen LogP contribution in [0, 0.1) is 13.8 Å². The molecule has 0 fully saturated rings. The summed E-state index contributed by atoms with van der Waals surface area (Å²) >= 11 is 0. The van der Waals surface area contributed by atoms with Gasteiger partial charge in [-0.15, -0.1) is 0 Å². The van der Waals surface area contributed by atoms with E-state index < -0.39 is 0 Å². The molecule has 3 rings (SSSR count). The second-order valence-corrected chi connectivity index (χ2v) is 6.93. The topological polar surface area (TPSA) is 65.2 Å². The second kappa shape index (κ2) is 6.84. The molecule has 1 atom stereocenters. The van der Waals surface area contributed by atoms with Crippen molar-refractivity contribution in [2.75, 3.05) is 13.6 Å². The smallest absolute Gasteiger partial charge is 0.253 e. The minimum absolute atomic E-state index is 0.0525. The maximum absolute atomic E-state index is 12.7. The maximum Gasteiger partial charge on any atom is 0.253 e. The molecule has 2 N–H and O–H groups in total. The summed E-state index contributed by atoms with van der Waals surface area (Å²) in [5.74, 6) is -0.172. The van der Waals surface area contributed by atoms with E-state index >= 15 is 0 Å². The lowest BCUT2D eigenvalue weighted by atomic mass is 9.94. The van der Waals surface area contributed by atoms with Crippen molar-refractivity contribution < 1.29 is 9.59 Å². The number of nitrogens with one attached hydrogen (secondary N) is 2. The number of H-pyrrole nitrogens is 1. The molecule has 5 nitrogen and oxygen atoms in total. The molecule has 2 heterocycles. The van der Waals surface area contributed by atoms with Crippen molar-refractivity contribution in [3.05, 3.63) is 57.9 Å². The fourth-order valence-electron chi connectivity index (χ4n) is 3.69. The molecule has 0 saturated heterocycles. The zero-order valence-electron chi connectivity index (χ0n) is 15.3. The monoisotopic (exact) mass is 339 g/mol. The molecule has 25 heavy (non-hydrogen) atoms. The first-order valence-corrected chi connectivity index (χ1v) is 8.63. The second-order valence-electron chi connectivity index (χ2n) is 6.93. The van der Waals surface area contributed by atoms with Gasteiger partial charge in [0.25, 0.3) is 5.91 Å². The largest absolute Gasteiger partial charge is 0.355 e. The van der Waals surface area contributed by atoms with Crippen LogP contribution >= 0.6 is 0 Å². The third-order valence-electron chi connectivity index (χ3n) is 5.13. The summed E-state index contributed by atoms with van der Waals surface area (Å²) in [6.07, 6.45) is 0.927. The van der Waals surface area contributed by atoms with Crippen molar-refractivity contribution in [2.45, 2.75) is 39.8 Å². The fraction of sp³-hybridized carbons (Fsp3) is 0.400. The molecule has 1 aromatic carbocycles. The standard InChI is InChI=1S/C20H25N3O2/c1-12-18(13(2)22-19(12)14(3)24)20(25)21-10-17-9-15-7-5-6-8-16(15)11-23(17)4/h5-8,17,22H,9-11H2,1-4H3,(H,21,25)/t17-/m0/s1. The molecular formula is C20H25N3O2. The Balaban J connectivity index is 1.70. The highest BCUT2D eigenvalue weighted by atomic mass is 16.1. The van der Waals surface area contributed by atoms with Crippen molar-refractivity contribution in [3.8, 4) is 0 Å². The van der Waals surface area contributed by atoms with Crippen LogP contribution in [0.25, 0.3) is 0 Å². The quantitative estimate of drug-likeness (QED) is 0.842. The van der Waals surface area contributed by atoms with Crippen molar-refractivity contribution in [1.29, 1.82) is 0 Å². The van der Waals surface area contributed by atoms with Crippen molar-refractivity contribution >= 4 is 11.7 Å². The van der Waals surface area contributed by atoms with Gasteiger partial charge < -0.3 is 10.3 Å². The normalized spacial score (nSPS) is 17.2. The number of aromatic nitrogens is 1. The highest BCUT2D eigenvalue weighted by Gasteiger charge is 2.25. The first kappa shape index (κ1) is 17.4. The number of carbonyl (C=O) groups excluding carboxylic acids is 2. The zero-order chi connectivity index (χ0) is 18.1. The van der Waals surface area contributed by atoms with Crippen LogP contribution in [0.1, 0.15) is 50.2 Å². The SMILES string of the molecule is CC(=O)c1[nH]c(C)c(C(=O)NC[C@@H]2Cc3ccccc3CN2C)c1C. The van der Waals surface area contributed by atoms with Gasteiger partial charge >= 0.3 is 0 Å². The van der Waals surface area contributed by atoms with Crippen molar-refractivity contribution in [3.63, 3.8) is 0 Å². The molecule has 1 amide bonds. The highest BCUT2D eigenvalue weighted by molar-refractivity contribution is 6.02. The van der Waals surface area contributed by atoms with Gasteiger partial charge in [0.2, 0.25) is 0 Å². The van der Waals surface area contributed by atoms with E-state index in [1.807, 2.05) is 13.8 Å². The number of hydrogen-bond acceptors (Lipinski definition) is 3. The van der Waals surface area contributed by atoms with Crippen molar-refractivity contribution in [2.24, 2.45) is 0 Å². The molecular weight excluding hydrogens is 314 g/mol. The number of fused-ring (bicyclic) bond motifs is 1. The fourth-order valence-corrected chi connectivity index (χ4v) is 3.69. The Hall–Kier alpha value is -2.40. The van der Waals surface area contributed by atoms with E-state index in [2.05, 4.69) is 46.5 Å². The first-order valence-electron chi connectivity index (χ1n) is 8.63. The van der Waals surface area contributed by atoms with Gasteiger partial charge in [0.15, 0.2) is 5.78 Å². The van der Waals surface area contributed by atoms with Gasteiger partial charge in [0.05, 0.1) is 11.3 Å². The predicted octanol–water partition coefficient (Wildman–Crippen LogP) is 2.62. The van der Waals surface area contributed by atoms with E-state index in [1.54, 1.807) is 0 Å². The molecule has 1 aliphatic heterocycles. The van der Waals surface area contributed by atoms with Crippen LogP contribution in [0.4, 0.5) is 0 Å². The van der Waals surface area contributed by atoms with Gasteiger partial charge in [-0.05, 0) is 44.0 Å². The molecule has 0 radical (unpaired) electrons. The molecule has 1 aliphatic rings. The summed E-state index contributed by atoms with van der Waals surface area (Å²) in [5.41, 5.74) is 5.28. The van der Waals surface area contributed by atoms with Gasteiger partial charge in [-0.2, -0.15) is 0 Å². The molecule has 0 saturated carbocycles. The Morgan fingerprint density at radius 1 is 1.24 bits per heavy atom. The molecule has 2 aromatic rings. The highest BCUT2D eigenvalue weighted by Crippen LogP contribution is 2.22. The average Bonchev–Trinajstić information content (AvgIpc) is 2.87. The van der Waals surface area contributed by atoms with E-state index in [0.717, 1.165) is 24.2 Å². The van der Waals surface area contributed by atoms with Crippen molar-refractivity contribution in [1.82, 2.24) is 15.2 Å². The van der Waals surface area contributed by atoms with Gasteiger partial charge in [-0.3, -0.25) is 14.5 Å². The number of nitrogens with zero attached hydrogens (tertiary/aromatic N) is 1. The molecule has 0 bridgehead atoms. The van der Waals surface area contributed by atoms with Crippen LogP contribution in [-0.2, 0) is 13.0 Å². The first-order chi connectivity index (χ1) is 11.9. The molecule has 0 aliphatic carbocycles. The van der Waals surface area contributed by atoms with Gasteiger partial charge in [-0.25, -0.2) is 0 Å². The number of likely N-dealkylation sites (N-methyl/N-ethyl adjacent to an activating group) is 1. The number of ketones is 1. The minimum atomic E-state index is -0.119. The van der Waals surface area contributed by atoms with E-state index in [4.69, 9.17) is 0 Å². The average molecular weight is 339 g/mol. The van der Waals surface area contributed by atoms with Crippen LogP contribution in [-0.4, -0.2) is 41.2 Å². The van der Waals surface area contributed by atoms with Gasteiger partial charge in [0.1, 0.15) is 0 Å². The third kappa shape index (κ3) is 3.37. The summed E-state index contributed by atoms with van der Waals surface area (Å²) in [6.45, 7) is 6.64. The number of carbonyl (C=O) groups is 2. The molecule has 132 valence electrons. The van der Waals surface area contributed by atoms with E-state index in [9.17, 15) is 9.59 Å². The van der Waals surface area contributed by atoms with Crippen LogP contribution < -0.4 is 5.32 Å². The van der Waals surface area contributed by atoms with Gasteiger partial charge in [-0.1, -0.05) is 24.3 Å². The van der Waals surface area contributed by atoms with Crippen LogP contribution in [0.3, 0.4) is 0 Å². The van der Waals surface area contributed by atoms with E-state index in [1.165, 1.54) is 18.1 Å². The summed E-state index contributed by atoms with van der Waals surface area (Å²) in [7, 11) is 2.09. The minimum Gasteiger partial charge on any atom is -0.355 e. The number of Topliss-reactive ketones (excluding diaryl/α,β-unsaturated/α-hetero) is 1. The summed E-state index contributed by atoms with van der Waals surface area (Å²) in [4.78, 5) is 29.6.